The number of rotatable bonds is 4. The molecule has 0 atom stereocenters. The lowest BCUT2D eigenvalue weighted by Crippen LogP contribution is -2.03. The van der Waals surface area contributed by atoms with Gasteiger partial charge in [0.1, 0.15) is 0 Å². The lowest BCUT2D eigenvalue weighted by atomic mass is 10.2. The largest absolute Gasteiger partial charge is 0.481 e. The van der Waals surface area contributed by atoms with Gasteiger partial charge in [-0.1, -0.05) is 11.6 Å². The van der Waals surface area contributed by atoms with E-state index in [4.69, 9.17) is 16.3 Å². The van der Waals surface area contributed by atoms with Crippen molar-refractivity contribution in [1.29, 1.82) is 0 Å². The SMILES string of the molecule is COc1c(CNc2cnccc2Cl)c(C)nn1C. The molecule has 0 saturated heterocycles. The van der Waals surface area contributed by atoms with Crippen LogP contribution in [0.25, 0.3) is 0 Å². The van der Waals surface area contributed by atoms with Gasteiger partial charge >= 0.3 is 0 Å². The van der Waals surface area contributed by atoms with Gasteiger partial charge in [-0.15, -0.1) is 0 Å². The number of pyridine rings is 1. The Morgan fingerprint density at radius 1 is 1.50 bits per heavy atom. The summed E-state index contributed by atoms with van der Waals surface area (Å²) in [6.45, 7) is 2.54. The number of hydrogen-bond donors (Lipinski definition) is 1. The molecule has 2 aromatic rings. The van der Waals surface area contributed by atoms with E-state index in [9.17, 15) is 0 Å². The van der Waals surface area contributed by atoms with E-state index in [1.165, 1.54) is 0 Å². The highest BCUT2D eigenvalue weighted by molar-refractivity contribution is 6.33. The molecule has 2 heterocycles. The number of anilines is 1. The first kappa shape index (κ1) is 12.7. The molecule has 1 N–H and O–H groups in total. The molecular formula is C12H15ClN4O. The van der Waals surface area contributed by atoms with Crippen LogP contribution in [0.2, 0.25) is 5.02 Å². The summed E-state index contributed by atoms with van der Waals surface area (Å²) in [5.41, 5.74) is 2.74. The van der Waals surface area contributed by atoms with E-state index in [0.29, 0.717) is 11.6 Å². The van der Waals surface area contributed by atoms with Crippen molar-refractivity contribution in [3.63, 3.8) is 0 Å². The van der Waals surface area contributed by atoms with Gasteiger partial charge in [-0.05, 0) is 13.0 Å². The topological polar surface area (TPSA) is 52.0 Å². The third-order valence-corrected chi connectivity index (χ3v) is 3.04. The number of methoxy groups -OCH3 is 1. The Balaban J connectivity index is 2.18. The molecular weight excluding hydrogens is 252 g/mol. The molecule has 0 bridgehead atoms. The number of aryl methyl sites for hydroxylation is 2. The molecule has 2 rings (SSSR count). The van der Waals surface area contributed by atoms with E-state index in [2.05, 4.69) is 15.4 Å². The maximum absolute atomic E-state index is 6.05. The summed E-state index contributed by atoms with van der Waals surface area (Å²) in [5.74, 6) is 0.750. The molecule has 18 heavy (non-hydrogen) atoms. The first-order valence-corrected chi connectivity index (χ1v) is 5.91. The Hall–Kier alpha value is -1.75. The van der Waals surface area contributed by atoms with Crippen LogP contribution in [0.15, 0.2) is 18.5 Å². The van der Waals surface area contributed by atoms with Gasteiger partial charge in [0, 0.05) is 19.8 Å². The third kappa shape index (κ3) is 2.41. The first-order valence-electron chi connectivity index (χ1n) is 5.53. The number of ether oxygens (including phenoxy) is 1. The zero-order chi connectivity index (χ0) is 13.1. The summed E-state index contributed by atoms with van der Waals surface area (Å²) in [6.07, 6.45) is 3.35. The van der Waals surface area contributed by atoms with Crippen molar-refractivity contribution < 1.29 is 4.74 Å². The second-order valence-electron chi connectivity index (χ2n) is 3.91. The molecule has 0 aromatic carbocycles. The fourth-order valence-electron chi connectivity index (χ4n) is 1.83. The van der Waals surface area contributed by atoms with Gasteiger partial charge < -0.3 is 10.1 Å². The summed E-state index contributed by atoms with van der Waals surface area (Å²) in [7, 11) is 3.49. The number of nitrogens with zero attached hydrogens (tertiary/aromatic N) is 3. The molecule has 0 fully saturated rings. The van der Waals surface area contributed by atoms with Gasteiger partial charge in [-0.25, -0.2) is 4.68 Å². The van der Waals surface area contributed by atoms with Gasteiger partial charge in [-0.2, -0.15) is 5.10 Å². The highest BCUT2D eigenvalue weighted by atomic mass is 35.5. The van der Waals surface area contributed by atoms with E-state index in [0.717, 1.165) is 22.8 Å². The first-order chi connectivity index (χ1) is 8.63. The van der Waals surface area contributed by atoms with E-state index in [-0.39, 0.29) is 0 Å². The van der Waals surface area contributed by atoms with E-state index >= 15 is 0 Å². The van der Waals surface area contributed by atoms with Gasteiger partial charge in [0.05, 0.1) is 35.3 Å². The quantitative estimate of drug-likeness (QED) is 0.923. The highest BCUT2D eigenvalue weighted by Crippen LogP contribution is 2.24. The van der Waals surface area contributed by atoms with E-state index in [1.54, 1.807) is 30.3 Å². The summed E-state index contributed by atoms with van der Waals surface area (Å²) < 4.78 is 7.05. The monoisotopic (exact) mass is 266 g/mol. The maximum atomic E-state index is 6.05. The van der Waals surface area contributed by atoms with Crippen LogP contribution in [0.1, 0.15) is 11.3 Å². The van der Waals surface area contributed by atoms with Gasteiger partial charge in [-0.3, -0.25) is 4.98 Å². The van der Waals surface area contributed by atoms with Crippen LogP contribution in [0, 0.1) is 6.92 Å². The minimum absolute atomic E-state index is 0.592. The van der Waals surface area contributed by atoms with Crippen LogP contribution in [-0.2, 0) is 13.6 Å². The molecule has 6 heteroatoms. The Kier molecular flexibility index (Phi) is 3.72. The normalized spacial score (nSPS) is 10.4. The number of halogens is 1. The summed E-state index contributed by atoms with van der Waals surface area (Å²) in [6, 6.07) is 1.75. The number of hydrogen-bond acceptors (Lipinski definition) is 4. The molecule has 0 amide bonds. The zero-order valence-corrected chi connectivity index (χ0v) is 11.3. The average Bonchev–Trinajstić information content (AvgIpc) is 2.62. The molecule has 2 aromatic heterocycles. The minimum atomic E-state index is 0.592. The summed E-state index contributed by atoms with van der Waals surface area (Å²) in [5, 5.41) is 8.19. The lowest BCUT2D eigenvalue weighted by molar-refractivity contribution is 0.370. The fourth-order valence-corrected chi connectivity index (χ4v) is 2.00. The number of nitrogens with one attached hydrogen (secondary N) is 1. The second-order valence-corrected chi connectivity index (χ2v) is 4.31. The van der Waals surface area contributed by atoms with E-state index < -0.39 is 0 Å². The lowest BCUT2D eigenvalue weighted by Gasteiger charge is -2.08. The van der Waals surface area contributed by atoms with Gasteiger partial charge in [0.2, 0.25) is 5.88 Å². The minimum Gasteiger partial charge on any atom is -0.481 e. The van der Waals surface area contributed by atoms with Crippen LogP contribution in [0.4, 0.5) is 5.69 Å². The van der Waals surface area contributed by atoms with Crippen molar-refractivity contribution in [3.05, 3.63) is 34.7 Å². The standard InChI is InChI=1S/C12H15ClN4O/c1-8-9(12(18-3)17(2)16-8)6-15-11-7-14-5-4-10(11)13/h4-5,7,15H,6H2,1-3H3. The molecule has 0 saturated carbocycles. The Morgan fingerprint density at radius 2 is 2.28 bits per heavy atom. The zero-order valence-electron chi connectivity index (χ0n) is 10.6. The maximum Gasteiger partial charge on any atom is 0.216 e. The van der Waals surface area contributed by atoms with Crippen LogP contribution in [0.5, 0.6) is 5.88 Å². The van der Waals surface area contributed by atoms with E-state index in [1.807, 2.05) is 14.0 Å². The summed E-state index contributed by atoms with van der Waals surface area (Å²) >= 11 is 6.05. The van der Waals surface area contributed by atoms with Crippen molar-refractivity contribution in [2.75, 3.05) is 12.4 Å². The van der Waals surface area contributed by atoms with Crippen LogP contribution in [0.3, 0.4) is 0 Å². The molecule has 0 aliphatic rings. The Bertz CT molecular complexity index is 553. The molecule has 96 valence electrons. The van der Waals surface area contributed by atoms with Crippen LogP contribution in [-0.4, -0.2) is 21.9 Å². The Morgan fingerprint density at radius 3 is 2.94 bits per heavy atom. The smallest absolute Gasteiger partial charge is 0.216 e. The molecule has 0 spiro atoms. The Labute approximate surface area is 111 Å². The van der Waals surface area contributed by atoms with Crippen molar-refractivity contribution in [2.45, 2.75) is 13.5 Å². The van der Waals surface area contributed by atoms with Crippen LogP contribution >= 0.6 is 11.6 Å². The molecule has 5 nitrogen and oxygen atoms in total. The molecule has 0 aliphatic carbocycles. The summed E-state index contributed by atoms with van der Waals surface area (Å²) in [4.78, 5) is 4.03. The van der Waals surface area contributed by atoms with Crippen molar-refractivity contribution in [1.82, 2.24) is 14.8 Å². The number of aromatic nitrogens is 3. The molecule has 0 unspecified atom stereocenters. The van der Waals surface area contributed by atoms with Crippen LogP contribution < -0.4 is 10.1 Å². The third-order valence-electron chi connectivity index (χ3n) is 2.71. The average molecular weight is 267 g/mol. The fraction of sp³-hybridized carbons (Fsp3) is 0.333. The molecule has 0 aliphatic heterocycles. The predicted octanol–water partition coefficient (Wildman–Crippen LogP) is 2.40. The second kappa shape index (κ2) is 5.27. The highest BCUT2D eigenvalue weighted by Gasteiger charge is 2.13. The van der Waals surface area contributed by atoms with Crippen molar-refractivity contribution in [2.24, 2.45) is 7.05 Å². The predicted molar refractivity (Wildman–Crippen MR) is 71.1 cm³/mol. The van der Waals surface area contributed by atoms with Gasteiger partial charge in [0.25, 0.3) is 0 Å². The van der Waals surface area contributed by atoms with Crippen molar-refractivity contribution >= 4 is 17.3 Å². The van der Waals surface area contributed by atoms with Gasteiger partial charge in [0.15, 0.2) is 0 Å². The molecule has 0 radical (unpaired) electrons. The van der Waals surface area contributed by atoms with Crippen molar-refractivity contribution in [3.8, 4) is 5.88 Å².